The molecule has 0 aromatic rings. The Kier molecular flexibility index (Phi) is 4.05. The fourth-order valence-electron chi connectivity index (χ4n) is 0.268. The van der Waals surface area contributed by atoms with Gasteiger partial charge in [0.15, 0.2) is 0 Å². The van der Waals surface area contributed by atoms with Gasteiger partial charge in [0, 0.05) is 0 Å². The van der Waals surface area contributed by atoms with Crippen LogP contribution in [0, 0.1) is 11.3 Å². The Bertz CT molecular complexity index is 141. The lowest BCUT2D eigenvalue weighted by molar-refractivity contribution is 0.773. The highest BCUT2D eigenvalue weighted by molar-refractivity contribution is 7.78. The molecule has 0 heterocycles. The number of hydrogen-bond acceptors (Lipinski definition) is 3. The molecule has 0 saturated heterocycles. The molecule has 0 aliphatic carbocycles. The molecule has 0 aliphatic rings. The second-order valence-corrected chi connectivity index (χ2v) is 1.61. The maximum absolute atomic E-state index is 8.09. The predicted octanol–water partition coefficient (Wildman–Crippen LogP) is 1.39. The van der Waals surface area contributed by atoms with Crippen molar-refractivity contribution in [3.05, 3.63) is 0 Å². The van der Waals surface area contributed by atoms with Crippen LogP contribution in [0.25, 0.3) is 0 Å². The van der Waals surface area contributed by atoms with Gasteiger partial charge in [-0.3, -0.25) is 0 Å². The number of nitrogens with zero attached hydrogens (tertiary/aromatic N) is 2. The van der Waals surface area contributed by atoms with Crippen molar-refractivity contribution in [2.75, 3.05) is 0 Å². The van der Waals surface area contributed by atoms with E-state index in [1.165, 1.54) is 0 Å². The van der Waals surface area contributed by atoms with Gasteiger partial charge in [-0.15, -0.1) is 0 Å². The SMILES string of the molecule is C[C@@H](CC#N)N=C=S. The average Bonchev–Trinajstić information content (AvgIpc) is 1.68. The van der Waals surface area contributed by atoms with Crippen molar-refractivity contribution in [2.24, 2.45) is 4.99 Å². The summed E-state index contributed by atoms with van der Waals surface area (Å²) in [6.45, 7) is 1.82. The first-order valence-electron chi connectivity index (χ1n) is 2.25. The summed E-state index contributed by atoms with van der Waals surface area (Å²) < 4.78 is 0. The molecule has 0 bridgehead atoms. The van der Waals surface area contributed by atoms with Gasteiger partial charge in [-0.1, -0.05) is 0 Å². The first-order chi connectivity index (χ1) is 3.81. The number of isothiocyanates is 1. The number of thiocarbonyl (C=S) groups is 1. The first kappa shape index (κ1) is 7.29. The molecule has 3 heteroatoms. The molecular formula is C5H6N2S. The summed E-state index contributed by atoms with van der Waals surface area (Å²) in [6, 6.07) is 1.98. The topological polar surface area (TPSA) is 36.1 Å². The minimum atomic E-state index is 0.0116. The van der Waals surface area contributed by atoms with E-state index in [0.29, 0.717) is 6.42 Å². The van der Waals surface area contributed by atoms with Crippen LogP contribution in [0.4, 0.5) is 0 Å². The van der Waals surface area contributed by atoms with Gasteiger partial charge in [-0.25, -0.2) is 4.99 Å². The van der Waals surface area contributed by atoms with Gasteiger partial charge in [0.25, 0.3) is 0 Å². The fraction of sp³-hybridized carbons (Fsp3) is 0.600. The van der Waals surface area contributed by atoms with E-state index in [2.05, 4.69) is 22.4 Å². The molecule has 0 spiro atoms. The Hall–Kier alpha value is -0.710. The zero-order valence-corrected chi connectivity index (χ0v) is 5.40. The fourth-order valence-corrected chi connectivity index (χ4v) is 0.448. The summed E-state index contributed by atoms with van der Waals surface area (Å²) in [6.07, 6.45) is 0.420. The molecule has 0 N–H and O–H groups in total. The summed E-state index contributed by atoms with van der Waals surface area (Å²) in [5.41, 5.74) is 0. The van der Waals surface area contributed by atoms with Crippen LogP contribution in [0.1, 0.15) is 13.3 Å². The van der Waals surface area contributed by atoms with Crippen molar-refractivity contribution in [2.45, 2.75) is 19.4 Å². The third-order valence-electron chi connectivity index (χ3n) is 0.660. The Morgan fingerprint density at radius 3 is 2.88 bits per heavy atom. The van der Waals surface area contributed by atoms with Crippen molar-refractivity contribution in [1.82, 2.24) is 0 Å². The molecule has 42 valence electrons. The van der Waals surface area contributed by atoms with E-state index in [4.69, 9.17) is 5.26 Å². The highest BCUT2D eigenvalue weighted by Gasteiger charge is 1.92. The van der Waals surface area contributed by atoms with E-state index in [-0.39, 0.29) is 6.04 Å². The van der Waals surface area contributed by atoms with Gasteiger partial charge in [-0.2, -0.15) is 5.26 Å². The highest BCUT2D eigenvalue weighted by Crippen LogP contribution is 1.91. The number of rotatable bonds is 2. The molecule has 8 heavy (non-hydrogen) atoms. The van der Waals surface area contributed by atoms with Gasteiger partial charge in [0.05, 0.1) is 23.7 Å². The van der Waals surface area contributed by atoms with Crippen molar-refractivity contribution >= 4 is 17.4 Å². The zero-order valence-electron chi connectivity index (χ0n) is 4.59. The van der Waals surface area contributed by atoms with Gasteiger partial charge < -0.3 is 0 Å². The summed E-state index contributed by atoms with van der Waals surface area (Å²) in [7, 11) is 0. The Morgan fingerprint density at radius 1 is 1.88 bits per heavy atom. The van der Waals surface area contributed by atoms with Gasteiger partial charge in [-0.05, 0) is 19.1 Å². The lowest BCUT2D eigenvalue weighted by Crippen LogP contribution is -1.92. The Balaban J connectivity index is 3.51. The van der Waals surface area contributed by atoms with Crippen LogP contribution in [0.3, 0.4) is 0 Å². The standard InChI is InChI=1S/C5H6N2S/c1-5(2-3-6)7-4-8/h5H,2H2,1H3/t5-/m0/s1. The molecule has 0 fully saturated rings. The van der Waals surface area contributed by atoms with Crippen LogP contribution in [0.5, 0.6) is 0 Å². The number of nitriles is 1. The van der Waals surface area contributed by atoms with Gasteiger partial charge in [0.2, 0.25) is 0 Å². The van der Waals surface area contributed by atoms with Crippen LogP contribution in [0.2, 0.25) is 0 Å². The molecule has 0 amide bonds. The summed E-state index contributed by atoms with van der Waals surface area (Å²) >= 11 is 4.32. The molecule has 0 aliphatic heterocycles. The van der Waals surface area contributed by atoms with E-state index >= 15 is 0 Å². The zero-order chi connectivity index (χ0) is 6.41. The van der Waals surface area contributed by atoms with Crippen LogP contribution in [0.15, 0.2) is 4.99 Å². The number of hydrogen-bond donors (Lipinski definition) is 0. The third kappa shape index (κ3) is 3.48. The van der Waals surface area contributed by atoms with Crippen molar-refractivity contribution in [3.63, 3.8) is 0 Å². The minimum Gasteiger partial charge on any atom is -0.228 e. The van der Waals surface area contributed by atoms with Crippen molar-refractivity contribution in [1.29, 1.82) is 5.26 Å². The third-order valence-corrected chi connectivity index (χ3v) is 0.765. The first-order valence-corrected chi connectivity index (χ1v) is 2.66. The van der Waals surface area contributed by atoms with Gasteiger partial charge >= 0.3 is 0 Å². The van der Waals surface area contributed by atoms with Crippen LogP contribution >= 0.6 is 12.2 Å². The van der Waals surface area contributed by atoms with E-state index < -0.39 is 0 Å². The molecule has 0 aromatic carbocycles. The molecule has 1 atom stereocenters. The number of aliphatic imine (C=N–C) groups is 1. The molecule has 0 saturated carbocycles. The lowest BCUT2D eigenvalue weighted by Gasteiger charge is -1.90. The molecule has 0 radical (unpaired) electrons. The Labute approximate surface area is 53.8 Å². The summed E-state index contributed by atoms with van der Waals surface area (Å²) in [5, 5.41) is 10.3. The molecule has 0 unspecified atom stereocenters. The normalized spacial score (nSPS) is 11.0. The van der Waals surface area contributed by atoms with E-state index in [9.17, 15) is 0 Å². The van der Waals surface area contributed by atoms with E-state index in [1.54, 1.807) is 0 Å². The quantitative estimate of drug-likeness (QED) is 0.414. The van der Waals surface area contributed by atoms with Crippen molar-refractivity contribution in [3.8, 4) is 6.07 Å². The van der Waals surface area contributed by atoms with Crippen LogP contribution in [-0.4, -0.2) is 11.2 Å². The molecule has 2 nitrogen and oxygen atoms in total. The maximum Gasteiger partial charge on any atom is 0.0704 e. The second-order valence-electron chi connectivity index (χ2n) is 1.43. The van der Waals surface area contributed by atoms with Gasteiger partial charge in [0.1, 0.15) is 0 Å². The minimum absolute atomic E-state index is 0.0116. The second kappa shape index (κ2) is 4.45. The van der Waals surface area contributed by atoms with Crippen LogP contribution in [-0.2, 0) is 0 Å². The monoisotopic (exact) mass is 126 g/mol. The molecule has 0 rings (SSSR count). The largest absolute Gasteiger partial charge is 0.228 e. The summed E-state index contributed by atoms with van der Waals surface area (Å²) in [5.74, 6) is 0. The molecule has 0 aromatic heterocycles. The smallest absolute Gasteiger partial charge is 0.0704 e. The maximum atomic E-state index is 8.09. The van der Waals surface area contributed by atoms with Crippen molar-refractivity contribution < 1.29 is 0 Å². The molecular weight excluding hydrogens is 120 g/mol. The van der Waals surface area contributed by atoms with E-state index in [1.807, 2.05) is 13.0 Å². The van der Waals surface area contributed by atoms with E-state index in [0.717, 1.165) is 0 Å². The lowest BCUT2D eigenvalue weighted by atomic mass is 10.3. The summed E-state index contributed by atoms with van der Waals surface area (Å²) in [4.78, 5) is 3.66. The highest BCUT2D eigenvalue weighted by atomic mass is 32.1. The average molecular weight is 126 g/mol. The Morgan fingerprint density at radius 2 is 2.50 bits per heavy atom. The predicted molar refractivity (Wildman–Crippen MR) is 34.7 cm³/mol. The van der Waals surface area contributed by atoms with Crippen LogP contribution < -0.4 is 0 Å².